The van der Waals surface area contributed by atoms with Crippen LogP contribution in [0.5, 0.6) is 0 Å². The third-order valence-corrected chi connectivity index (χ3v) is 2.50. The van der Waals surface area contributed by atoms with Crippen LogP contribution < -0.4 is 0 Å². The smallest absolute Gasteiger partial charge is 0.307 e. The van der Waals surface area contributed by atoms with Crippen LogP contribution >= 0.6 is 0 Å². The van der Waals surface area contributed by atoms with E-state index in [2.05, 4.69) is 19.8 Å². The van der Waals surface area contributed by atoms with E-state index in [4.69, 9.17) is 11.5 Å². The fourth-order valence-corrected chi connectivity index (χ4v) is 1.58. The number of terminal acetylenes is 1. The van der Waals surface area contributed by atoms with Crippen LogP contribution in [0.3, 0.4) is 0 Å². The molecule has 0 rings (SSSR count). The number of rotatable bonds is 7. The highest BCUT2D eigenvalue weighted by molar-refractivity contribution is 5.70. The minimum atomic E-state index is -0.758. The zero-order valence-corrected chi connectivity index (χ0v) is 9.12. The van der Waals surface area contributed by atoms with Crippen LogP contribution in [0, 0.1) is 24.2 Å². The zero-order chi connectivity index (χ0) is 11.0. The molecule has 2 heteroatoms. The third-order valence-electron chi connectivity index (χ3n) is 2.50. The summed E-state index contributed by atoms with van der Waals surface area (Å²) >= 11 is 0. The lowest BCUT2D eigenvalue weighted by atomic mass is 9.92. The van der Waals surface area contributed by atoms with Gasteiger partial charge in [-0.1, -0.05) is 26.7 Å². The summed E-state index contributed by atoms with van der Waals surface area (Å²) in [5, 5.41) is 8.85. The van der Waals surface area contributed by atoms with Crippen LogP contribution in [0.2, 0.25) is 0 Å². The Labute approximate surface area is 86.7 Å². The molecule has 0 aromatic heterocycles. The summed E-state index contributed by atoms with van der Waals surface area (Å²) in [4.78, 5) is 10.8. The lowest BCUT2D eigenvalue weighted by Crippen LogP contribution is -2.14. The van der Waals surface area contributed by atoms with E-state index in [1.165, 1.54) is 6.42 Å². The van der Waals surface area contributed by atoms with Gasteiger partial charge in [0, 0.05) is 6.42 Å². The van der Waals surface area contributed by atoms with Crippen molar-refractivity contribution in [3.05, 3.63) is 0 Å². The standard InChI is InChI=1S/C12H20O2/c1-4-6-10(3)8-9-11(7-5-2)12(13)14/h2,10-11H,4,6-9H2,1,3H3,(H,13,14). The van der Waals surface area contributed by atoms with E-state index in [0.29, 0.717) is 18.8 Å². The number of hydrogen-bond donors (Lipinski definition) is 1. The molecule has 0 aromatic carbocycles. The summed E-state index contributed by atoms with van der Waals surface area (Å²) in [5.41, 5.74) is 0. The van der Waals surface area contributed by atoms with Crippen molar-refractivity contribution in [1.82, 2.24) is 0 Å². The van der Waals surface area contributed by atoms with E-state index < -0.39 is 5.97 Å². The Balaban J connectivity index is 3.82. The van der Waals surface area contributed by atoms with Gasteiger partial charge in [-0.25, -0.2) is 0 Å². The van der Waals surface area contributed by atoms with Crippen molar-refractivity contribution >= 4 is 5.97 Å². The summed E-state index contributed by atoms with van der Waals surface area (Å²) < 4.78 is 0. The van der Waals surface area contributed by atoms with Gasteiger partial charge < -0.3 is 5.11 Å². The van der Waals surface area contributed by atoms with Crippen LogP contribution in [-0.4, -0.2) is 11.1 Å². The highest BCUT2D eigenvalue weighted by Gasteiger charge is 2.16. The number of hydrogen-bond acceptors (Lipinski definition) is 1. The lowest BCUT2D eigenvalue weighted by molar-refractivity contribution is -0.141. The van der Waals surface area contributed by atoms with Gasteiger partial charge in [0.25, 0.3) is 0 Å². The number of carbonyl (C=O) groups is 1. The predicted molar refractivity (Wildman–Crippen MR) is 57.9 cm³/mol. The lowest BCUT2D eigenvalue weighted by Gasteiger charge is -2.13. The van der Waals surface area contributed by atoms with E-state index in [1.807, 2.05) is 0 Å². The van der Waals surface area contributed by atoms with Gasteiger partial charge >= 0.3 is 5.97 Å². The SMILES string of the molecule is C#CCC(CCC(C)CCC)C(=O)O. The van der Waals surface area contributed by atoms with E-state index in [0.717, 1.165) is 12.8 Å². The molecule has 0 fully saturated rings. The van der Waals surface area contributed by atoms with Crippen LogP contribution in [0.15, 0.2) is 0 Å². The van der Waals surface area contributed by atoms with Crippen molar-refractivity contribution in [2.75, 3.05) is 0 Å². The molecule has 2 nitrogen and oxygen atoms in total. The topological polar surface area (TPSA) is 37.3 Å². The second-order valence-corrected chi connectivity index (χ2v) is 3.91. The third kappa shape index (κ3) is 5.64. The highest BCUT2D eigenvalue weighted by Crippen LogP contribution is 2.18. The van der Waals surface area contributed by atoms with Gasteiger partial charge in [-0.2, -0.15) is 0 Å². The number of carboxylic acids is 1. The van der Waals surface area contributed by atoms with Gasteiger partial charge in [-0.15, -0.1) is 12.3 Å². The second-order valence-electron chi connectivity index (χ2n) is 3.91. The van der Waals surface area contributed by atoms with Gasteiger partial charge in [0.1, 0.15) is 0 Å². The maximum absolute atomic E-state index is 10.8. The van der Waals surface area contributed by atoms with Crippen molar-refractivity contribution < 1.29 is 9.90 Å². The molecule has 1 N–H and O–H groups in total. The Kier molecular flexibility index (Phi) is 6.92. The normalized spacial score (nSPS) is 14.4. The second kappa shape index (κ2) is 7.44. The Morgan fingerprint density at radius 1 is 1.43 bits per heavy atom. The molecule has 0 bridgehead atoms. The molecular formula is C12H20O2. The number of carboxylic acid groups (broad SMARTS) is 1. The average molecular weight is 196 g/mol. The average Bonchev–Trinajstić information content (AvgIpc) is 2.12. The molecule has 0 heterocycles. The highest BCUT2D eigenvalue weighted by atomic mass is 16.4. The minimum Gasteiger partial charge on any atom is -0.481 e. The van der Waals surface area contributed by atoms with Crippen molar-refractivity contribution in [2.24, 2.45) is 11.8 Å². The first-order valence-electron chi connectivity index (χ1n) is 5.28. The van der Waals surface area contributed by atoms with Crippen molar-refractivity contribution in [3.63, 3.8) is 0 Å². The van der Waals surface area contributed by atoms with Crippen LogP contribution in [-0.2, 0) is 4.79 Å². The first-order valence-corrected chi connectivity index (χ1v) is 5.28. The largest absolute Gasteiger partial charge is 0.481 e. The van der Waals surface area contributed by atoms with Gasteiger partial charge in [-0.3, -0.25) is 4.79 Å². The first-order chi connectivity index (χ1) is 6.61. The monoisotopic (exact) mass is 196 g/mol. The summed E-state index contributed by atoms with van der Waals surface area (Å²) in [5.74, 6) is 1.93. The molecule has 2 atom stereocenters. The summed E-state index contributed by atoms with van der Waals surface area (Å²) in [6.45, 7) is 4.31. The first kappa shape index (κ1) is 13.0. The fourth-order valence-electron chi connectivity index (χ4n) is 1.58. The molecule has 14 heavy (non-hydrogen) atoms. The molecule has 0 aliphatic carbocycles. The van der Waals surface area contributed by atoms with E-state index in [-0.39, 0.29) is 5.92 Å². The molecule has 0 radical (unpaired) electrons. The molecule has 0 saturated heterocycles. The van der Waals surface area contributed by atoms with E-state index >= 15 is 0 Å². The predicted octanol–water partition coefficient (Wildman–Crippen LogP) is 2.93. The molecule has 0 amide bonds. The van der Waals surface area contributed by atoms with Crippen molar-refractivity contribution in [3.8, 4) is 12.3 Å². The molecule has 0 spiro atoms. The molecule has 0 saturated carbocycles. The summed E-state index contributed by atoms with van der Waals surface area (Å²) in [6, 6.07) is 0. The maximum Gasteiger partial charge on any atom is 0.307 e. The summed E-state index contributed by atoms with van der Waals surface area (Å²) in [6.07, 6.45) is 9.48. The maximum atomic E-state index is 10.8. The summed E-state index contributed by atoms with van der Waals surface area (Å²) in [7, 11) is 0. The Bertz CT molecular complexity index is 203. The number of aliphatic carboxylic acids is 1. The van der Waals surface area contributed by atoms with E-state index in [1.54, 1.807) is 0 Å². The van der Waals surface area contributed by atoms with Gasteiger partial charge in [0.2, 0.25) is 0 Å². The Morgan fingerprint density at radius 3 is 2.50 bits per heavy atom. The van der Waals surface area contributed by atoms with Crippen LogP contribution in [0.25, 0.3) is 0 Å². The van der Waals surface area contributed by atoms with Gasteiger partial charge in [-0.05, 0) is 18.8 Å². The molecule has 80 valence electrons. The van der Waals surface area contributed by atoms with Crippen molar-refractivity contribution in [2.45, 2.75) is 46.0 Å². The van der Waals surface area contributed by atoms with Gasteiger partial charge in [0.05, 0.1) is 5.92 Å². The van der Waals surface area contributed by atoms with Crippen molar-refractivity contribution in [1.29, 1.82) is 0 Å². The Hall–Kier alpha value is -0.970. The molecule has 0 aliphatic rings. The molecular weight excluding hydrogens is 176 g/mol. The molecule has 2 unspecified atom stereocenters. The van der Waals surface area contributed by atoms with Crippen LogP contribution in [0.4, 0.5) is 0 Å². The van der Waals surface area contributed by atoms with E-state index in [9.17, 15) is 4.79 Å². The zero-order valence-electron chi connectivity index (χ0n) is 9.12. The van der Waals surface area contributed by atoms with Crippen LogP contribution in [0.1, 0.15) is 46.0 Å². The van der Waals surface area contributed by atoms with Gasteiger partial charge in [0.15, 0.2) is 0 Å². The minimum absolute atomic E-state index is 0.348. The molecule has 0 aromatic rings. The molecule has 0 aliphatic heterocycles. The fraction of sp³-hybridized carbons (Fsp3) is 0.750. The Morgan fingerprint density at radius 2 is 2.07 bits per heavy atom. The quantitative estimate of drug-likeness (QED) is 0.636.